The average molecular weight is 642 g/mol. The molecule has 0 N–H and O–H groups in total. The molecule has 0 saturated heterocycles. The van der Waals surface area contributed by atoms with E-state index in [2.05, 4.69) is 121 Å². The van der Waals surface area contributed by atoms with E-state index in [1.54, 1.807) is 0 Å². The second-order valence-corrected chi connectivity index (χ2v) is 12.8. The van der Waals surface area contributed by atoms with Gasteiger partial charge >= 0.3 is 0 Å². The SMILES string of the molecule is [2H]c1c([2H])c([2H])c(-c2ccccc2Cc2c3ccccc3c(-c3cccc4oc5c6ccc(-c7ccccc7)cc6ccc5c34)c3ccccc23)c([2H])c1[2H]. The third-order valence-corrected chi connectivity index (χ3v) is 10.1. The minimum absolute atomic E-state index is 0.201. The molecule has 0 fully saturated rings. The average Bonchev–Trinajstić information content (AvgIpc) is 3.63. The second-order valence-electron chi connectivity index (χ2n) is 12.8. The van der Waals surface area contributed by atoms with E-state index in [1.165, 1.54) is 11.1 Å². The minimum Gasteiger partial charge on any atom is -0.455 e. The molecule has 0 bridgehead atoms. The Bertz CT molecular complexity index is 3100. The van der Waals surface area contributed by atoms with Crippen LogP contribution in [-0.2, 0) is 6.42 Å². The van der Waals surface area contributed by atoms with Crippen LogP contribution in [0.15, 0.2) is 186 Å². The van der Waals surface area contributed by atoms with Gasteiger partial charge in [0, 0.05) is 16.2 Å². The molecular formula is C49H32O. The molecule has 0 aliphatic heterocycles. The summed E-state index contributed by atoms with van der Waals surface area (Å²) in [5.41, 5.74) is 9.11. The summed E-state index contributed by atoms with van der Waals surface area (Å²) < 4.78 is 49.1. The molecule has 0 aliphatic rings. The van der Waals surface area contributed by atoms with Gasteiger partial charge in [-0.05, 0) is 102 Å². The lowest BCUT2D eigenvalue weighted by molar-refractivity contribution is 0.673. The van der Waals surface area contributed by atoms with E-state index in [0.717, 1.165) is 76.5 Å². The molecular weight excluding hydrogens is 605 g/mol. The first kappa shape index (κ1) is 23.8. The van der Waals surface area contributed by atoms with Crippen molar-refractivity contribution in [2.24, 2.45) is 0 Å². The third kappa shape index (κ3) is 4.55. The summed E-state index contributed by atoms with van der Waals surface area (Å²) in [7, 11) is 0. The van der Waals surface area contributed by atoms with Crippen LogP contribution in [0, 0.1) is 0 Å². The van der Waals surface area contributed by atoms with Crippen molar-refractivity contribution in [1.29, 1.82) is 0 Å². The zero-order chi connectivity index (χ0) is 37.4. The monoisotopic (exact) mass is 641 g/mol. The number of hydrogen-bond acceptors (Lipinski definition) is 1. The molecule has 0 aliphatic carbocycles. The maximum Gasteiger partial charge on any atom is 0.143 e. The molecule has 0 saturated carbocycles. The van der Waals surface area contributed by atoms with Gasteiger partial charge < -0.3 is 4.42 Å². The van der Waals surface area contributed by atoms with Crippen molar-refractivity contribution in [2.75, 3.05) is 0 Å². The van der Waals surface area contributed by atoms with Gasteiger partial charge in [-0.15, -0.1) is 0 Å². The van der Waals surface area contributed by atoms with Crippen molar-refractivity contribution >= 4 is 54.3 Å². The summed E-state index contributed by atoms with van der Waals surface area (Å²) in [5, 5.41) is 8.72. The topological polar surface area (TPSA) is 13.1 Å². The lowest BCUT2D eigenvalue weighted by Crippen LogP contribution is -1.97. The van der Waals surface area contributed by atoms with E-state index in [4.69, 9.17) is 11.3 Å². The fraction of sp³-hybridized carbons (Fsp3) is 0.0204. The highest BCUT2D eigenvalue weighted by Crippen LogP contribution is 2.46. The van der Waals surface area contributed by atoms with Crippen LogP contribution >= 0.6 is 0 Å². The largest absolute Gasteiger partial charge is 0.455 e. The van der Waals surface area contributed by atoms with Crippen LogP contribution in [-0.4, -0.2) is 0 Å². The second kappa shape index (κ2) is 11.6. The van der Waals surface area contributed by atoms with Crippen LogP contribution in [0.1, 0.15) is 18.0 Å². The molecule has 10 aromatic rings. The number of hydrogen-bond donors (Lipinski definition) is 0. The number of fused-ring (bicyclic) bond motifs is 7. The van der Waals surface area contributed by atoms with Crippen LogP contribution in [0.4, 0.5) is 0 Å². The Morgan fingerprint density at radius 3 is 1.90 bits per heavy atom. The number of benzene rings is 9. The summed E-state index contributed by atoms with van der Waals surface area (Å²) in [5.74, 6) is 0. The fourth-order valence-electron chi connectivity index (χ4n) is 7.82. The Morgan fingerprint density at radius 1 is 0.460 bits per heavy atom. The van der Waals surface area contributed by atoms with Gasteiger partial charge in [0.05, 0.1) is 6.85 Å². The van der Waals surface area contributed by atoms with Crippen molar-refractivity contribution in [2.45, 2.75) is 6.42 Å². The van der Waals surface area contributed by atoms with Gasteiger partial charge in [-0.1, -0.05) is 158 Å². The molecule has 1 aromatic heterocycles. The third-order valence-electron chi connectivity index (χ3n) is 10.1. The summed E-state index contributed by atoms with van der Waals surface area (Å²) in [6, 6.07) is 50.9. The fourth-order valence-corrected chi connectivity index (χ4v) is 7.82. The molecule has 234 valence electrons. The van der Waals surface area contributed by atoms with Crippen LogP contribution in [0.25, 0.3) is 87.6 Å². The van der Waals surface area contributed by atoms with Gasteiger partial charge in [0.15, 0.2) is 0 Å². The first-order chi connectivity index (χ1) is 26.9. The molecule has 50 heavy (non-hydrogen) atoms. The first-order valence-electron chi connectivity index (χ1n) is 19.4. The molecule has 0 amide bonds. The molecule has 1 heteroatoms. The van der Waals surface area contributed by atoms with E-state index in [1.807, 2.05) is 30.3 Å². The highest BCUT2D eigenvalue weighted by molar-refractivity contribution is 6.24. The zero-order valence-corrected chi connectivity index (χ0v) is 27.0. The molecule has 1 nitrogen and oxygen atoms in total. The summed E-state index contributed by atoms with van der Waals surface area (Å²) in [6.07, 6.45) is 0.495. The van der Waals surface area contributed by atoms with Crippen LogP contribution in [0.3, 0.4) is 0 Å². The maximum atomic E-state index is 8.75. The quantitative estimate of drug-likeness (QED) is 0.170. The van der Waals surface area contributed by atoms with Gasteiger partial charge in [0.2, 0.25) is 0 Å². The van der Waals surface area contributed by atoms with Crippen LogP contribution < -0.4 is 0 Å². The normalized spacial score (nSPS) is 13.1. The molecule has 0 spiro atoms. The van der Waals surface area contributed by atoms with Crippen molar-refractivity contribution in [3.63, 3.8) is 0 Å². The summed E-state index contributed by atoms with van der Waals surface area (Å²) in [4.78, 5) is 0. The van der Waals surface area contributed by atoms with Gasteiger partial charge in [-0.25, -0.2) is 0 Å². The van der Waals surface area contributed by atoms with Crippen molar-refractivity contribution in [3.8, 4) is 33.4 Å². The molecule has 0 unspecified atom stereocenters. The maximum absolute atomic E-state index is 8.75. The predicted molar refractivity (Wildman–Crippen MR) is 212 cm³/mol. The lowest BCUT2D eigenvalue weighted by Gasteiger charge is -2.19. The molecule has 1 heterocycles. The number of furan rings is 1. The first-order valence-corrected chi connectivity index (χ1v) is 16.9. The Morgan fingerprint density at radius 2 is 1.12 bits per heavy atom. The molecule has 10 rings (SSSR count). The highest BCUT2D eigenvalue weighted by atomic mass is 16.3. The van der Waals surface area contributed by atoms with E-state index < -0.39 is 6.04 Å². The number of rotatable bonds is 5. The molecule has 9 aromatic carbocycles. The predicted octanol–water partition coefficient (Wildman–Crippen LogP) is 13.6. The lowest BCUT2D eigenvalue weighted by atomic mass is 9.84. The highest BCUT2D eigenvalue weighted by Gasteiger charge is 2.21. The van der Waals surface area contributed by atoms with E-state index in [0.29, 0.717) is 12.0 Å². The zero-order valence-electron chi connectivity index (χ0n) is 32.0. The Labute approximate surface area is 297 Å². The van der Waals surface area contributed by atoms with Crippen molar-refractivity contribution < 1.29 is 11.3 Å². The van der Waals surface area contributed by atoms with E-state index >= 15 is 0 Å². The van der Waals surface area contributed by atoms with Gasteiger partial charge in [-0.3, -0.25) is 0 Å². The molecule has 0 atom stereocenters. The van der Waals surface area contributed by atoms with E-state index in [-0.39, 0.29) is 29.7 Å². The Hall–Kier alpha value is -6.44. The van der Waals surface area contributed by atoms with Crippen molar-refractivity contribution in [3.05, 3.63) is 193 Å². The van der Waals surface area contributed by atoms with Gasteiger partial charge in [0.25, 0.3) is 0 Å². The van der Waals surface area contributed by atoms with Crippen LogP contribution in [0.2, 0.25) is 0 Å². The summed E-state index contributed by atoms with van der Waals surface area (Å²) in [6.45, 7) is 0. The van der Waals surface area contributed by atoms with Gasteiger partial charge in [0.1, 0.15) is 11.2 Å². The van der Waals surface area contributed by atoms with Gasteiger partial charge in [-0.2, -0.15) is 0 Å². The minimum atomic E-state index is -0.394. The molecule has 0 radical (unpaired) electrons. The Balaban J connectivity index is 1.19. The smallest absolute Gasteiger partial charge is 0.143 e. The van der Waals surface area contributed by atoms with Crippen LogP contribution in [0.5, 0.6) is 0 Å². The van der Waals surface area contributed by atoms with E-state index in [9.17, 15) is 0 Å². The Kier molecular flexibility index (Phi) is 5.53. The van der Waals surface area contributed by atoms with Crippen molar-refractivity contribution in [1.82, 2.24) is 0 Å². The summed E-state index contributed by atoms with van der Waals surface area (Å²) >= 11 is 0. The standard InChI is InChI=1S/C49H32O/c1-3-14-32(15-4-1)34-26-28-38-36(30-34)27-29-44-48-43(24-13-25-46(48)50-49(38)44)47-41-22-11-9-20-39(41)45(40-21-10-12-23-42(40)47)31-35-18-7-8-19-37(35)33-16-5-2-6-17-33/h1-30H,31H2/i2D,5D,6D,16D,17D.